The van der Waals surface area contributed by atoms with Crippen LogP contribution < -0.4 is 0 Å². The summed E-state index contributed by atoms with van der Waals surface area (Å²) in [6, 6.07) is 0. The van der Waals surface area contributed by atoms with Crippen LogP contribution in [0.2, 0.25) is 0 Å². The van der Waals surface area contributed by atoms with Crippen molar-refractivity contribution in [3.8, 4) is 0 Å². The zero-order valence-corrected chi connectivity index (χ0v) is 5.99. The Morgan fingerprint density at radius 3 is 2.75 bits per heavy atom. The van der Waals surface area contributed by atoms with Crippen LogP contribution in [0.1, 0.15) is 26.2 Å². The van der Waals surface area contributed by atoms with Gasteiger partial charge >= 0.3 is 0 Å². The van der Waals surface area contributed by atoms with Gasteiger partial charge in [0.2, 0.25) is 0 Å². The molecule has 0 heterocycles. The predicted molar refractivity (Wildman–Crippen MR) is 38.8 cm³/mol. The molecule has 0 atom stereocenters. The molecule has 0 aliphatic heterocycles. The van der Waals surface area contributed by atoms with Gasteiger partial charge in [-0.3, -0.25) is 0 Å². The first-order chi connectivity index (χ1) is 3.91. The maximum absolute atomic E-state index is 5.28. The number of halogens is 1. The molecule has 1 radical (unpaired) electrons. The average Bonchev–Trinajstić information content (AvgIpc) is 1.81. The van der Waals surface area contributed by atoms with E-state index in [0.29, 0.717) is 0 Å². The van der Waals surface area contributed by atoms with Crippen LogP contribution in [0, 0.1) is 6.42 Å². The highest BCUT2D eigenvalue weighted by atomic mass is 35.5. The fraction of sp³-hybridized carbons (Fsp3) is 0.571. The minimum atomic E-state index is 1.01. The lowest BCUT2D eigenvalue weighted by molar-refractivity contribution is 0.874. The van der Waals surface area contributed by atoms with E-state index in [4.69, 9.17) is 11.6 Å². The minimum Gasteiger partial charge on any atom is -0.0933 e. The summed E-state index contributed by atoms with van der Waals surface area (Å²) in [5, 5.41) is 0. The van der Waals surface area contributed by atoms with Crippen molar-refractivity contribution in [3.63, 3.8) is 0 Å². The van der Waals surface area contributed by atoms with Crippen LogP contribution in [-0.2, 0) is 0 Å². The molecule has 8 heavy (non-hydrogen) atoms. The molecule has 0 bridgehead atoms. The molecule has 0 N–H and O–H groups in total. The third-order valence-corrected chi connectivity index (χ3v) is 1.06. The lowest BCUT2D eigenvalue weighted by Gasteiger charge is -1.87. The third kappa shape index (κ3) is 6.03. The summed E-state index contributed by atoms with van der Waals surface area (Å²) in [7, 11) is 0. The first-order valence-corrected chi connectivity index (χ1v) is 3.42. The first kappa shape index (κ1) is 8.03. The summed E-state index contributed by atoms with van der Waals surface area (Å²) in [4.78, 5) is 0. The number of allylic oxidation sites excluding steroid dienone is 1. The quantitative estimate of drug-likeness (QED) is 0.515. The van der Waals surface area contributed by atoms with E-state index in [1.165, 1.54) is 12.8 Å². The van der Waals surface area contributed by atoms with Crippen molar-refractivity contribution >= 4 is 11.6 Å². The Morgan fingerprint density at radius 2 is 2.25 bits per heavy atom. The first-order valence-electron chi connectivity index (χ1n) is 2.98. The van der Waals surface area contributed by atoms with E-state index in [2.05, 4.69) is 13.3 Å². The summed E-state index contributed by atoms with van der Waals surface area (Å²) in [6.07, 6.45) is 7.60. The van der Waals surface area contributed by atoms with Crippen LogP contribution in [0.15, 0.2) is 11.6 Å². The molecule has 0 aromatic heterocycles. The number of unbranched alkanes of at least 4 members (excludes halogenated alkanes) is 3. The molecule has 0 aliphatic carbocycles. The van der Waals surface area contributed by atoms with E-state index in [9.17, 15) is 0 Å². The zero-order valence-electron chi connectivity index (χ0n) is 5.23. The van der Waals surface area contributed by atoms with Crippen LogP contribution in [0.25, 0.3) is 0 Å². The van der Waals surface area contributed by atoms with Gasteiger partial charge in [-0.15, -0.1) is 0 Å². The van der Waals surface area contributed by atoms with Crippen molar-refractivity contribution in [2.75, 3.05) is 0 Å². The molecule has 0 rings (SSSR count). The Bertz CT molecular complexity index is 57.4. The van der Waals surface area contributed by atoms with Crippen LogP contribution in [0.3, 0.4) is 0 Å². The van der Waals surface area contributed by atoms with Gasteiger partial charge in [-0.1, -0.05) is 37.4 Å². The summed E-state index contributed by atoms with van der Waals surface area (Å²) in [5.74, 6) is 0. The molecule has 0 saturated carbocycles. The number of hydrogen-bond acceptors (Lipinski definition) is 0. The Hall–Kier alpha value is 0.0300. The summed E-state index contributed by atoms with van der Waals surface area (Å²) >= 11 is 5.28. The summed E-state index contributed by atoms with van der Waals surface area (Å²) in [5.41, 5.74) is 1.56. The maximum atomic E-state index is 5.28. The molecular weight excluding hydrogens is 120 g/mol. The molecule has 0 aliphatic rings. The van der Waals surface area contributed by atoms with Gasteiger partial charge < -0.3 is 0 Å². The molecule has 0 unspecified atom stereocenters. The second-order valence-corrected chi connectivity index (χ2v) is 1.93. The molecule has 0 saturated heterocycles. The largest absolute Gasteiger partial charge is 0.0933 e. The second kappa shape index (κ2) is 7.03. The van der Waals surface area contributed by atoms with Crippen molar-refractivity contribution in [2.24, 2.45) is 0 Å². The maximum Gasteiger partial charge on any atom is 0.000256 e. The fourth-order valence-corrected chi connectivity index (χ4v) is 0.573. The molecule has 47 valence electrons. The van der Waals surface area contributed by atoms with E-state index in [1.54, 1.807) is 5.54 Å². The number of rotatable bonds is 4. The van der Waals surface area contributed by atoms with Gasteiger partial charge in [0.05, 0.1) is 0 Å². The van der Waals surface area contributed by atoms with Crippen LogP contribution in [-0.4, -0.2) is 0 Å². The van der Waals surface area contributed by atoms with Gasteiger partial charge in [-0.25, -0.2) is 0 Å². The lowest BCUT2D eigenvalue weighted by Crippen LogP contribution is -1.70. The summed E-state index contributed by atoms with van der Waals surface area (Å²) < 4.78 is 0. The highest BCUT2D eigenvalue weighted by Crippen LogP contribution is 1.97. The Labute approximate surface area is 56.5 Å². The van der Waals surface area contributed by atoms with E-state index in [-0.39, 0.29) is 0 Å². The molecular formula is C7H12Cl. The lowest BCUT2D eigenvalue weighted by atomic mass is 10.2. The Morgan fingerprint density at radius 1 is 1.50 bits per heavy atom. The van der Waals surface area contributed by atoms with Crippen LogP contribution in [0.5, 0.6) is 0 Å². The topological polar surface area (TPSA) is 0 Å². The highest BCUT2D eigenvalue weighted by molar-refractivity contribution is 6.25. The van der Waals surface area contributed by atoms with Gasteiger partial charge in [0, 0.05) is 5.54 Å². The van der Waals surface area contributed by atoms with Gasteiger partial charge in [-0.2, -0.15) is 0 Å². The third-order valence-electron chi connectivity index (χ3n) is 0.885. The second-order valence-electron chi connectivity index (χ2n) is 1.67. The van der Waals surface area contributed by atoms with Gasteiger partial charge in [-0.05, 0) is 12.8 Å². The Balaban J connectivity index is 2.72. The molecule has 1 heteroatoms. The SMILES string of the molecule is CCC[CH]CC=CCl. The van der Waals surface area contributed by atoms with E-state index in [0.717, 1.165) is 6.42 Å². The van der Waals surface area contributed by atoms with Crippen molar-refractivity contribution in [3.05, 3.63) is 18.0 Å². The van der Waals surface area contributed by atoms with Gasteiger partial charge in [0.15, 0.2) is 0 Å². The molecule has 0 nitrogen and oxygen atoms in total. The molecule has 0 spiro atoms. The monoisotopic (exact) mass is 131 g/mol. The predicted octanol–water partition coefficient (Wildman–Crippen LogP) is 3.13. The van der Waals surface area contributed by atoms with Gasteiger partial charge in [0.25, 0.3) is 0 Å². The van der Waals surface area contributed by atoms with E-state index in [1.807, 2.05) is 6.08 Å². The summed E-state index contributed by atoms with van der Waals surface area (Å²) in [6.45, 7) is 2.17. The highest BCUT2D eigenvalue weighted by Gasteiger charge is 1.79. The van der Waals surface area contributed by atoms with E-state index < -0.39 is 0 Å². The van der Waals surface area contributed by atoms with E-state index >= 15 is 0 Å². The molecule has 0 fully saturated rings. The van der Waals surface area contributed by atoms with Crippen molar-refractivity contribution in [1.82, 2.24) is 0 Å². The fourth-order valence-electron chi connectivity index (χ4n) is 0.470. The molecule has 0 aromatic carbocycles. The number of hydrogen-bond donors (Lipinski definition) is 0. The average molecular weight is 132 g/mol. The smallest absolute Gasteiger partial charge is 0.000256 e. The Kier molecular flexibility index (Phi) is 7.06. The van der Waals surface area contributed by atoms with Crippen LogP contribution in [0.4, 0.5) is 0 Å². The molecule has 0 aromatic rings. The van der Waals surface area contributed by atoms with Crippen molar-refractivity contribution < 1.29 is 0 Å². The molecule has 0 amide bonds. The minimum absolute atomic E-state index is 1.01. The normalized spacial score (nSPS) is 10.8. The standard InChI is InChI=1S/C7H12Cl/c1-2-3-4-5-6-7-8/h4,6-7H,2-3,5H2,1H3. The van der Waals surface area contributed by atoms with Crippen molar-refractivity contribution in [1.29, 1.82) is 0 Å². The van der Waals surface area contributed by atoms with Crippen molar-refractivity contribution in [2.45, 2.75) is 26.2 Å². The van der Waals surface area contributed by atoms with Crippen LogP contribution >= 0.6 is 11.6 Å². The van der Waals surface area contributed by atoms with Gasteiger partial charge in [0.1, 0.15) is 0 Å². The zero-order chi connectivity index (χ0) is 6.24.